The SMILES string of the molecule is CC(=O)Nc1noc(-c2cccc(C(F)(F)F)c2)n1. The van der Waals surface area contributed by atoms with Gasteiger partial charge in [0, 0.05) is 12.5 Å². The van der Waals surface area contributed by atoms with Crippen molar-refractivity contribution in [2.24, 2.45) is 0 Å². The average Bonchev–Trinajstić information content (AvgIpc) is 2.76. The van der Waals surface area contributed by atoms with Crippen molar-refractivity contribution in [3.63, 3.8) is 0 Å². The molecule has 0 spiro atoms. The molecule has 8 heteroatoms. The van der Waals surface area contributed by atoms with Crippen LogP contribution in [-0.4, -0.2) is 16.0 Å². The average molecular weight is 271 g/mol. The Balaban J connectivity index is 2.32. The van der Waals surface area contributed by atoms with Crippen LogP contribution in [-0.2, 0) is 11.0 Å². The first-order chi connectivity index (χ1) is 8.86. The first-order valence-electron chi connectivity index (χ1n) is 5.15. The summed E-state index contributed by atoms with van der Waals surface area (Å²) in [4.78, 5) is 14.5. The number of nitrogens with one attached hydrogen (secondary N) is 1. The Morgan fingerprint density at radius 2 is 2.11 bits per heavy atom. The normalized spacial score (nSPS) is 11.4. The van der Waals surface area contributed by atoms with Gasteiger partial charge in [-0.15, -0.1) is 0 Å². The molecule has 0 aliphatic carbocycles. The topological polar surface area (TPSA) is 68.0 Å². The Morgan fingerprint density at radius 1 is 1.37 bits per heavy atom. The molecule has 0 saturated heterocycles. The van der Waals surface area contributed by atoms with Crippen molar-refractivity contribution in [2.45, 2.75) is 13.1 Å². The summed E-state index contributed by atoms with van der Waals surface area (Å²) in [6, 6.07) is 4.47. The van der Waals surface area contributed by atoms with Crippen LogP contribution >= 0.6 is 0 Å². The number of hydrogen-bond acceptors (Lipinski definition) is 4. The highest BCUT2D eigenvalue weighted by atomic mass is 19.4. The van der Waals surface area contributed by atoms with Gasteiger partial charge < -0.3 is 4.52 Å². The summed E-state index contributed by atoms with van der Waals surface area (Å²) in [5, 5.41) is 5.69. The second-order valence-electron chi connectivity index (χ2n) is 3.68. The van der Waals surface area contributed by atoms with Gasteiger partial charge in [-0.1, -0.05) is 6.07 Å². The molecule has 0 radical (unpaired) electrons. The van der Waals surface area contributed by atoms with Crippen LogP contribution in [0.5, 0.6) is 0 Å². The van der Waals surface area contributed by atoms with Gasteiger partial charge in [0.05, 0.1) is 5.56 Å². The summed E-state index contributed by atoms with van der Waals surface area (Å²) in [5.41, 5.74) is -0.691. The molecule has 0 unspecified atom stereocenters. The first kappa shape index (κ1) is 13.1. The number of carbonyl (C=O) groups excluding carboxylic acids is 1. The van der Waals surface area contributed by atoms with E-state index in [9.17, 15) is 18.0 Å². The minimum absolute atomic E-state index is 0.0973. The van der Waals surface area contributed by atoms with Crippen LogP contribution in [0.4, 0.5) is 19.1 Å². The smallest absolute Gasteiger partial charge is 0.332 e. The largest absolute Gasteiger partial charge is 0.416 e. The van der Waals surface area contributed by atoms with Crippen LogP contribution in [0.3, 0.4) is 0 Å². The summed E-state index contributed by atoms with van der Waals surface area (Å²) >= 11 is 0. The molecule has 2 rings (SSSR count). The number of aromatic nitrogens is 2. The standard InChI is InChI=1S/C11H8F3N3O2/c1-6(18)15-10-16-9(19-17-10)7-3-2-4-8(5-7)11(12,13)14/h2-5H,1H3,(H,15,17,18). The third kappa shape index (κ3) is 3.09. The molecule has 0 atom stereocenters. The van der Waals surface area contributed by atoms with Gasteiger partial charge in [0.2, 0.25) is 5.91 Å². The second-order valence-corrected chi connectivity index (χ2v) is 3.68. The fourth-order valence-corrected chi connectivity index (χ4v) is 1.38. The van der Waals surface area contributed by atoms with E-state index in [1.165, 1.54) is 19.1 Å². The van der Waals surface area contributed by atoms with Gasteiger partial charge in [0.15, 0.2) is 0 Å². The molecule has 1 aromatic heterocycles. The number of alkyl halides is 3. The van der Waals surface area contributed by atoms with Gasteiger partial charge in [-0.2, -0.15) is 18.2 Å². The highest BCUT2D eigenvalue weighted by Crippen LogP contribution is 2.31. The first-order valence-corrected chi connectivity index (χ1v) is 5.15. The molecule has 0 bridgehead atoms. The number of amides is 1. The highest BCUT2D eigenvalue weighted by molar-refractivity contribution is 5.86. The van der Waals surface area contributed by atoms with Crippen molar-refractivity contribution < 1.29 is 22.5 Å². The van der Waals surface area contributed by atoms with Crippen molar-refractivity contribution in [3.05, 3.63) is 29.8 Å². The van der Waals surface area contributed by atoms with Gasteiger partial charge in [-0.3, -0.25) is 10.1 Å². The zero-order chi connectivity index (χ0) is 14.0. The number of halogens is 3. The molecule has 1 heterocycles. The minimum Gasteiger partial charge on any atom is -0.332 e. The predicted octanol–water partition coefficient (Wildman–Crippen LogP) is 2.71. The molecule has 100 valence electrons. The molecule has 0 saturated carbocycles. The molecule has 1 aromatic carbocycles. The van der Waals surface area contributed by atoms with E-state index in [0.29, 0.717) is 0 Å². The van der Waals surface area contributed by atoms with Crippen LogP contribution in [0.1, 0.15) is 12.5 Å². The fourth-order valence-electron chi connectivity index (χ4n) is 1.38. The summed E-state index contributed by atoms with van der Waals surface area (Å²) in [7, 11) is 0. The van der Waals surface area contributed by atoms with Gasteiger partial charge in [-0.05, 0) is 23.4 Å². The van der Waals surface area contributed by atoms with Crippen molar-refractivity contribution in [3.8, 4) is 11.5 Å². The molecular formula is C11H8F3N3O2. The van der Waals surface area contributed by atoms with E-state index in [1.807, 2.05) is 0 Å². The molecule has 0 fully saturated rings. The molecule has 1 amide bonds. The Hall–Kier alpha value is -2.38. The Bertz CT molecular complexity index is 607. The van der Waals surface area contributed by atoms with Gasteiger partial charge in [-0.25, -0.2) is 0 Å². The Morgan fingerprint density at radius 3 is 2.74 bits per heavy atom. The van der Waals surface area contributed by atoms with Gasteiger partial charge in [0.25, 0.3) is 11.8 Å². The summed E-state index contributed by atoms with van der Waals surface area (Å²) in [6.07, 6.45) is -4.45. The zero-order valence-corrected chi connectivity index (χ0v) is 9.65. The van der Waals surface area contributed by atoms with E-state index in [4.69, 9.17) is 4.52 Å². The molecule has 19 heavy (non-hydrogen) atoms. The van der Waals surface area contributed by atoms with Crippen molar-refractivity contribution in [1.29, 1.82) is 0 Å². The summed E-state index contributed by atoms with van der Waals surface area (Å²) in [5.74, 6) is -0.605. The lowest BCUT2D eigenvalue weighted by Crippen LogP contribution is -2.07. The van der Waals surface area contributed by atoms with E-state index in [-0.39, 0.29) is 17.4 Å². The van der Waals surface area contributed by atoms with Crippen LogP contribution in [0, 0.1) is 0 Å². The van der Waals surface area contributed by atoms with Crippen LogP contribution in [0.15, 0.2) is 28.8 Å². The number of carbonyl (C=O) groups is 1. The molecule has 5 nitrogen and oxygen atoms in total. The summed E-state index contributed by atoms with van der Waals surface area (Å²) < 4.78 is 42.4. The van der Waals surface area contributed by atoms with Crippen molar-refractivity contribution in [1.82, 2.24) is 10.1 Å². The quantitative estimate of drug-likeness (QED) is 0.911. The number of anilines is 1. The third-order valence-electron chi connectivity index (χ3n) is 2.15. The van der Waals surface area contributed by atoms with Crippen LogP contribution in [0.2, 0.25) is 0 Å². The number of benzene rings is 1. The molecule has 0 aliphatic rings. The number of rotatable bonds is 2. The maximum atomic E-state index is 12.5. The van der Waals surface area contributed by atoms with Gasteiger partial charge in [0.1, 0.15) is 0 Å². The Labute approximate surface area is 105 Å². The lowest BCUT2D eigenvalue weighted by atomic mass is 10.1. The highest BCUT2D eigenvalue weighted by Gasteiger charge is 2.30. The number of nitrogens with zero attached hydrogens (tertiary/aromatic N) is 2. The monoisotopic (exact) mass is 271 g/mol. The van der Waals surface area contributed by atoms with E-state index >= 15 is 0 Å². The maximum absolute atomic E-state index is 12.5. The fraction of sp³-hybridized carbons (Fsp3) is 0.182. The lowest BCUT2D eigenvalue weighted by molar-refractivity contribution is -0.137. The molecule has 1 N–H and O–H groups in total. The van der Waals surface area contributed by atoms with Crippen LogP contribution in [0.25, 0.3) is 11.5 Å². The summed E-state index contributed by atoms with van der Waals surface area (Å²) in [6.45, 7) is 1.25. The van der Waals surface area contributed by atoms with Crippen LogP contribution < -0.4 is 5.32 Å². The van der Waals surface area contributed by atoms with E-state index < -0.39 is 17.6 Å². The minimum atomic E-state index is -4.45. The van der Waals surface area contributed by atoms with Crippen molar-refractivity contribution >= 4 is 11.9 Å². The van der Waals surface area contributed by atoms with Crippen molar-refractivity contribution in [2.75, 3.05) is 5.32 Å². The van der Waals surface area contributed by atoms with E-state index in [2.05, 4.69) is 15.5 Å². The third-order valence-corrected chi connectivity index (χ3v) is 2.15. The molecule has 2 aromatic rings. The van der Waals surface area contributed by atoms with Gasteiger partial charge >= 0.3 is 6.18 Å². The molecular weight excluding hydrogens is 263 g/mol. The Kier molecular flexibility index (Phi) is 3.24. The van der Waals surface area contributed by atoms with E-state index in [1.54, 1.807) is 0 Å². The molecule has 0 aliphatic heterocycles. The maximum Gasteiger partial charge on any atom is 0.416 e. The number of hydrogen-bond donors (Lipinski definition) is 1. The second kappa shape index (κ2) is 4.71. The zero-order valence-electron chi connectivity index (χ0n) is 9.65. The lowest BCUT2D eigenvalue weighted by Gasteiger charge is -2.06. The predicted molar refractivity (Wildman–Crippen MR) is 59.0 cm³/mol. The van der Waals surface area contributed by atoms with E-state index in [0.717, 1.165) is 12.1 Å².